The van der Waals surface area contributed by atoms with E-state index in [1.807, 2.05) is 0 Å². The number of hydrogen-bond donors (Lipinski definition) is 1. The van der Waals surface area contributed by atoms with E-state index in [1.54, 1.807) is 6.92 Å². The monoisotopic (exact) mass is 227 g/mol. The molecule has 0 aromatic heterocycles. The summed E-state index contributed by atoms with van der Waals surface area (Å²) in [4.78, 5) is 45.4. The van der Waals surface area contributed by atoms with Crippen molar-refractivity contribution in [3.8, 4) is 0 Å². The lowest BCUT2D eigenvalue weighted by Gasteiger charge is -2.18. The molecule has 1 aliphatic rings. The van der Waals surface area contributed by atoms with Crippen LogP contribution in [0.25, 0.3) is 0 Å². The summed E-state index contributed by atoms with van der Waals surface area (Å²) >= 11 is 0. The van der Waals surface area contributed by atoms with Crippen LogP contribution in [0.15, 0.2) is 0 Å². The quantitative estimate of drug-likeness (QED) is 0.680. The van der Waals surface area contributed by atoms with Crippen molar-refractivity contribution in [1.82, 2.24) is 4.90 Å². The summed E-state index contributed by atoms with van der Waals surface area (Å²) in [6.45, 7) is 1.61. The lowest BCUT2D eigenvalue weighted by atomic mass is 10.2. The van der Waals surface area contributed by atoms with Gasteiger partial charge in [0.2, 0.25) is 11.8 Å². The fourth-order valence-corrected chi connectivity index (χ4v) is 1.61. The molecule has 6 heteroatoms. The first kappa shape index (κ1) is 12.4. The number of Topliss-reactive ketones (excluding diaryl/α,β-unsaturated/α-hetero) is 1. The van der Waals surface area contributed by atoms with E-state index >= 15 is 0 Å². The van der Waals surface area contributed by atoms with E-state index in [9.17, 15) is 19.2 Å². The molecule has 0 aromatic carbocycles. The number of likely N-dealkylation sites (tertiary alicyclic amines) is 1. The second-order valence-electron chi connectivity index (χ2n) is 3.62. The number of aliphatic carboxylic acids is 1. The Labute approximate surface area is 92.2 Å². The molecule has 0 bridgehead atoms. The molecule has 0 radical (unpaired) electrons. The van der Waals surface area contributed by atoms with E-state index in [-0.39, 0.29) is 25.0 Å². The number of carbonyl (C=O) groups excluding carboxylic acids is 3. The molecule has 0 spiro atoms. The summed E-state index contributed by atoms with van der Waals surface area (Å²) in [6.07, 6.45) is -0.0270. The van der Waals surface area contributed by atoms with Crippen molar-refractivity contribution < 1.29 is 24.3 Å². The van der Waals surface area contributed by atoms with Crippen LogP contribution in [-0.4, -0.2) is 39.6 Å². The first-order chi connectivity index (χ1) is 7.47. The molecule has 1 rings (SSSR count). The van der Waals surface area contributed by atoms with Gasteiger partial charge in [0.25, 0.3) is 0 Å². The van der Waals surface area contributed by atoms with Gasteiger partial charge in [-0.25, -0.2) is 4.79 Å². The number of carbonyl (C=O) groups is 4. The van der Waals surface area contributed by atoms with E-state index in [4.69, 9.17) is 5.11 Å². The topological polar surface area (TPSA) is 91.8 Å². The largest absolute Gasteiger partial charge is 0.480 e. The van der Waals surface area contributed by atoms with Gasteiger partial charge in [0.05, 0.1) is 6.42 Å². The minimum atomic E-state index is -1.21. The Hall–Kier alpha value is -1.72. The van der Waals surface area contributed by atoms with Crippen LogP contribution in [0.3, 0.4) is 0 Å². The number of nitrogens with zero attached hydrogens (tertiary/aromatic N) is 1. The van der Waals surface area contributed by atoms with Gasteiger partial charge >= 0.3 is 5.97 Å². The lowest BCUT2D eigenvalue weighted by molar-refractivity contribution is -0.154. The Balaban J connectivity index is 2.75. The van der Waals surface area contributed by atoms with Crippen molar-refractivity contribution >= 4 is 23.6 Å². The Morgan fingerprint density at radius 2 is 2.06 bits per heavy atom. The summed E-state index contributed by atoms with van der Waals surface area (Å²) in [5.41, 5.74) is 0. The molecule has 88 valence electrons. The van der Waals surface area contributed by atoms with Crippen LogP contribution in [0.5, 0.6) is 0 Å². The molecule has 1 unspecified atom stereocenters. The molecule has 1 N–H and O–H groups in total. The summed E-state index contributed by atoms with van der Waals surface area (Å²) < 4.78 is 0. The number of carboxylic acids is 1. The molecular weight excluding hydrogens is 214 g/mol. The highest BCUT2D eigenvalue weighted by molar-refractivity contribution is 6.07. The summed E-state index contributed by atoms with van der Waals surface area (Å²) in [5.74, 6) is -2.72. The van der Waals surface area contributed by atoms with Crippen molar-refractivity contribution in [2.45, 2.75) is 38.6 Å². The van der Waals surface area contributed by atoms with Crippen LogP contribution in [0, 0.1) is 0 Å². The van der Waals surface area contributed by atoms with Gasteiger partial charge in [-0.3, -0.25) is 19.3 Å². The van der Waals surface area contributed by atoms with E-state index in [0.717, 1.165) is 0 Å². The van der Waals surface area contributed by atoms with Gasteiger partial charge in [-0.2, -0.15) is 0 Å². The van der Waals surface area contributed by atoms with E-state index in [1.165, 1.54) is 0 Å². The van der Waals surface area contributed by atoms with Crippen LogP contribution in [0.4, 0.5) is 0 Å². The van der Waals surface area contributed by atoms with E-state index < -0.39 is 30.2 Å². The molecule has 1 saturated heterocycles. The minimum absolute atomic E-state index is 0.0447. The zero-order chi connectivity index (χ0) is 12.3. The number of hydrogen-bond acceptors (Lipinski definition) is 4. The Morgan fingerprint density at radius 3 is 2.56 bits per heavy atom. The first-order valence-corrected chi connectivity index (χ1v) is 5.06. The van der Waals surface area contributed by atoms with Crippen LogP contribution < -0.4 is 0 Å². The third-order valence-corrected chi connectivity index (χ3v) is 2.51. The standard InChI is InChI=1S/C10H13NO5/c1-2-6(12)5-9(14)11-7(10(15)16)3-4-8(11)13/h7H,2-5H2,1H3,(H,15,16). The zero-order valence-corrected chi connectivity index (χ0v) is 8.93. The smallest absolute Gasteiger partial charge is 0.326 e. The Kier molecular flexibility index (Phi) is 3.76. The van der Waals surface area contributed by atoms with Crippen molar-refractivity contribution in [3.63, 3.8) is 0 Å². The normalized spacial score (nSPS) is 19.9. The summed E-state index contributed by atoms with van der Waals surface area (Å²) in [5, 5.41) is 8.81. The molecule has 1 aliphatic heterocycles. The van der Waals surface area contributed by atoms with Gasteiger partial charge in [-0.15, -0.1) is 0 Å². The van der Waals surface area contributed by atoms with Gasteiger partial charge in [-0.05, 0) is 6.42 Å². The van der Waals surface area contributed by atoms with Crippen molar-refractivity contribution in [2.24, 2.45) is 0 Å². The molecule has 16 heavy (non-hydrogen) atoms. The fourth-order valence-electron chi connectivity index (χ4n) is 1.61. The molecule has 0 aliphatic carbocycles. The number of imide groups is 1. The number of amides is 2. The highest BCUT2D eigenvalue weighted by Crippen LogP contribution is 2.20. The predicted octanol–water partition coefficient (Wildman–Crippen LogP) is -0.0422. The molecular formula is C10H13NO5. The molecule has 1 atom stereocenters. The maximum absolute atomic E-state index is 11.6. The van der Waals surface area contributed by atoms with Crippen LogP contribution >= 0.6 is 0 Å². The fraction of sp³-hybridized carbons (Fsp3) is 0.600. The molecule has 1 heterocycles. The maximum Gasteiger partial charge on any atom is 0.326 e. The highest BCUT2D eigenvalue weighted by atomic mass is 16.4. The first-order valence-electron chi connectivity index (χ1n) is 5.06. The number of rotatable bonds is 4. The minimum Gasteiger partial charge on any atom is -0.480 e. The van der Waals surface area contributed by atoms with Crippen LogP contribution in [0.2, 0.25) is 0 Å². The Morgan fingerprint density at radius 1 is 1.44 bits per heavy atom. The second-order valence-corrected chi connectivity index (χ2v) is 3.62. The van der Waals surface area contributed by atoms with Crippen molar-refractivity contribution in [2.75, 3.05) is 0 Å². The second kappa shape index (κ2) is 4.87. The summed E-state index contributed by atoms with van der Waals surface area (Å²) in [6, 6.07) is -1.11. The van der Waals surface area contributed by atoms with Crippen LogP contribution in [0.1, 0.15) is 32.6 Å². The lowest BCUT2D eigenvalue weighted by Crippen LogP contribution is -2.43. The van der Waals surface area contributed by atoms with Gasteiger partial charge in [0, 0.05) is 12.8 Å². The van der Waals surface area contributed by atoms with Crippen LogP contribution in [-0.2, 0) is 19.2 Å². The zero-order valence-electron chi connectivity index (χ0n) is 8.93. The maximum atomic E-state index is 11.6. The molecule has 0 aromatic rings. The number of carboxylic acid groups (broad SMARTS) is 1. The van der Waals surface area contributed by atoms with E-state index in [0.29, 0.717) is 4.90 Å². The third kappa shape index (κ3) is 2.44. The third-order valence-electron chi connectivity index (χ3n) is 2.51. The Bertz CT molecular complexity index is 349. The van der Waals surface area contributed by atoms with Crippen molar-refractivity contribution in [1.29, 1.82) is 0 Å². The van der Waals surface area contributed by atoms with Gasteiger partial charge < -0.3 is 5.11 Å². The van der Waals surface area contributed by atoms with E-state index in [2.05, 4.69) is 0 Å². The van der Waals surface area contributed by atoms with Gasteiger partial charge in [0.1, 0.15) is 11.8 Å². The molecule has 1 fully saturated rings. The van der Waals surface area contributed by atoms with Gasteiger partial charge in [-0.1, -0.05) is 6.92 Å². The molecule has 6 nitrogen and oxygen atoms in total. The van der Waals surface area contributed by atoms with Gasteiger partial charge in [0.15, 0.2) is 0 Å². The average molecular weight is 227 g/mol. The summed E-state index contributed by atoms with van der Waals surface area (Å²) in [7, 11) is 0. The average Bonchev–Trinajstić information content (AvgIpc) is 2.59. The number of ketones is 1. The molecule has 0 saturated carbocycles. The molecule has 2 amide bonds. The highest BCUT2D eigenvalue weighted by Gasteiger charge is 2.40. The van der Waals surface area contributed by atoms with Crippen molar-refractivity contribution in [3.05, 3.63) is 0 Å². The SMILES string of the molecule is CCC(=O)CC(=O)N1C(=O)CCC1C(=O)O. The predicted molar refractivity (Wildman–Crippen MR) is 52.4 cm³/mol.